The molecular weight excluding hydrogens is 603 g/mol. The molecule has 0 radical (unpaired) electrons. The van der Waals surface area contributed by atoms with Crippen LogP contribution in [0.25, 0.3) is 11.6 Å². The number of rotatable bonds is 9. The quantitative estimate of drug-likeness (QED) is 0.127. The fraction of sp³-hybridized carbons (Fsp3) is 0.385. The predicted octanol–water partition coefficient (Wildman–Crippen LogP) is 5.17. The van der Waals surface area contributed by atoms with E-state index in [-0.39, 0.29) is 42.5 Å². The second kappa shape index (κ2) is 14.2. The standard InChI is InChI=1S/C39H43BN2O6/c43-25-30-22-32-37(39(46)42(38(32)45)31-17-19-41(20-18-31)24-26-9-3-1-4-10-26)33-23-40(47)48-35(36(30)33)16-15-28(27-11-5-2-6-12-27)21-29-13-7-8-14-34(29)44/h1-14,21,31-33,35,37,43-44,47H,15-20,22-25H2/b28-21-/t32-,33+,35-,37-/m1/s1. The van der Waals surface area contributed by atoms with E-state index in [1.165, 1.54) is 5.56 Å². The molecule has 0 bridgehead atoms. The monoisotopic (exact) mass is 646 g/mol. The van der Waals surface area contributed by atoms with E-state index in [1.54, 1.807) is 17.0 Å². The van der Waals surface area contributed by atoms with Crippen molar-refractivity contribution in [3.05, 3.63) is 113 Å². The molecule has 3 fully saturated rings. The van der Waals surface area contributed by atoms with Gasteiger partial charge in [-0.3, -0.25) is 19.4 Å². The minimum absolute atomic E-state index is 0.133. The minimum Gasteiger partial charge on any atom is -0.507 e. The smallest absolute Gasteiger partial charge is 0.455 e. The predicted molar refractivity (Wildman–Crippen MR) is 185 cm³/mol. The van der Waals surface area contributed by atoms with Crippen molar-refractivity contribution in [2.45, 2.75) is 57.1 Å². The highest BCUT2D eigenvalue weighted by Gasteiger charge is 2.58. The van der Waals surface area contributed by atoms with E-state index >= 15 is 0 Å². The number of hydrogen-bond acceptors (Lipinski definition) is 7. The Morgan fingerprint density at radius 2 is 1.58 bits per heavy atom. The lowest BCUT2D eigenvalue weighted by Gasteiger charge is -2.43. The van der Waals surface area contributed by atoms with Crippen LogP contribution in [-0.2, 0) is 20.8 Å². The van der Waals surface area contributed by atoms with Crippen LogP contribution < -0.4 is 0 Å². The van der Waals surface area contributed by atoms with Crippen molar-refractivity contribution in [3.63, 3.8) is 0 Å². The molecule has 1 aliphatic carbocycles. The van der Waals surface area contributed by atoms with Crippen LogP contribution in [0.1, 0.15) is 48.8 Å². The van der Waals surface area contributed by atoms with Crippen LogP contribution in [0, 0.1) is 17.8 Å². The fourth-order valence-electron chi connectivity index (χ4n) is 8.51. The SMILES string of the molecule is O=C1[C@@H]2[C@@H](CC(CO)=C3[C@@H](CC/C(=C/c4ccccc4O)c4ccccc4)OB(O)C[C@@H]32)C(=O)N1C1CCN(Cc2ccccc2)CC1. The summed E-state index contributed by atoms with van der Waals surface area (Å²) in [5.74, 6) is -1.54. The highest BCUT2D eigenvalue weighted by molar-refractivity contribution is 6.43. The number of likely N-dealkylation sites (tertiary alicyclic amines) is 2. The maximum Gasteiger partial charge on any atom is 0.455 e. The van der Waals surface area contributed by atoms with Gasteiger partial charge in [0.05, 0.1) is 24.5 Å². The van der Waals surface area contributed by atoms with E-state index in [0.717, 1.165) is 54.8 Å². The van der Waals surface area contributed by atoms with E-state index in [2.05, 4.69) is 17.0 Å². The first-order chi connectivity index (χ1) is 23.4. The van der Waals surface area contributed by atoms with E-state index in [1.807, 2.05) is 66.7 Å². The molecule has 48 heavy (non-hydrogen) atoms. The van der Waals surface area contributed by atoms with Gasteiger partial charge in [-0.05, 0) is 84.3 Å². The summed E-state index contributed by atoms with van der Waals surface area (Å²) in [5.41, 5.74) is 5.59. The summed E-state index contributed by atoms with van der Waals surface area (Å²) >= 11 is 0. The Labute approximate surface area is 282 Å². The number of piperidine rings is 1. The Balaban J connectivity index is 1.10. The molecule has 3 heterocycles. The molecular formula is C39H43BN2O6. The Kier molecular flexibility index (Phi) is 9.64. The van der Waals surface area contributed by atoms with E-state index in [4.69, 9.17) is 4.65 Å². The van der Waals surface area contributed by atoms with Gasteiger partial charge in [0, 0.05) is 31.2 Å². The number of allylic oxidation sites excluding steroid dienone is 1. The second-order valence-corrected chi connectivity index (χ2v) is 13.6. The van der Waals surface area contributed by atoms with Crippen molar-refractivity contribution >= 4 is 30.6 Å². The number of benzene rings is 3. The average molecular weight is 647 g/mol. The van der Waals surface area contributed by atoms with Crippen molar-refractivity contribution in [1.82, 2.24) is 9.80 Å². The Hall–Kier alpha value is -4.02. The van der Waals surface area contributed by atoms with E-state index in [9.17, 15) is 24.8 Å². The van der Waals surface area contributed by atoms with Gasteiger partial charge in [-0.2, -0.15) is 0 Å². The Morgan fingerprint density at radius 1 is 0.896 bits per heavy atom. The molecule has 3 aromatic carbocycles. The lowest BCUT2D eigenvalue weighted by Crippen LogP contribution is -2.48. The molecule has 3 saturated heterocycles. The Morgan fingerprint density at radius 3 is 2.29 bits per heavy atom. The third-order valence-electron chi connectivity index (χ3n) is 10.8. The minimum atomic E-state index is -1.08. The highest BCUT2D eigenvalue weighted by atomic mass is 16.5. The summed E-state index contributed by atoms with van der Waals surface area (Å²) in [7, 11) is -1.08. The molecule has 7 rings (SSSR count). The number of aromatic hydroxyl groups is 1. The van der Waals surface area contributed by atoms with Gasteiger partial charge in [0.25, 0.3) is 0 Å². The Bertz CT molecular complexity index is 1690. The summed E-state index contributed by atoms with van der Waals surface area (Å²) in [5, 5.41) is 32.1. The van der Waals surface area contributed by atoms with Crippen molar-refractivity contribution in [2.75, 3.05) is 19.7 Å². The van der Waals surface area contributed by atoms with Crippen molar-refractivity contribution < 1.29 is 29.5 Å². The summed E-state index contributed by atoms with van der Waals surface area (Å²) in [6, 6.07) is 27.4. The van der Waals surface area contributed by atoms with Crippen LogP contribution in [0.15, 0.2) is 96.1 Å². The molecule has 8 nitrogen and oxygen atoms in total. The zero-order valence-electron chi connectivity index (χ0n) is 27.2. The number of carbonyl (C=O) groups excluding carboxylic acids is 2. The lowest BCUT2D eigenvalue weighted by molar-refractivity contribution is -0.144. The van der Waals surface area contributed by atoms with Gasteiger partial charge in [0.1, 0.15) is 5.75 Å². The topological polar surface area (TPSA) is 111 Å². The number of aliphatic hydroxyl groups excluding tert-OH is 1. The summed E-state index contributed by atoms with van der Waals surface area (Å²) in [4.78, 5) is 32.1. The van der Waals surface area contributed by atoms with Gasteiger partial charge in [0.15, 0.2) is 0 Å². The average Bonchev–Trinajstić information content (AvgIpc) is 3.36. The largest absolute Gasteiger partial charge is 0.507 e. The number of carbonyl (C=O) groups is 2. The maximum atomic E-state index is 14.2. The first kappa shape index (κ1) is 32.5. The van der Waals surface area contributed by atoms with Crippen LogP contribution in [0.5, 0.6) is 5.75 Å². The van der Waals surface area contributed by atoms with Gasteiger partial charge in [-0.1, -0.05) is 78.9 Å². The number of aliphatic hydroxyl groups is 1. The van der Waals surface area contributed by atoms with Crippen LogP contribution in [0.4, 0.5) is 0 Å². The zero-order valence-corrected chi connectivity index (χ0v) is 27.2. The van der Waals surface area contributed by atoms with Gasteiger partial charge in [0.2, 0.25) is 11.8 Å². The van der Waals surface area contributed by atoms with Crippen molar-refractivity contribution in [2.24, 2.45) is 17.8 Å². The van der Waals surface area contributed by atoms with Crippen molar-refractivity contribution in [3.8, 4) is 5.75 Å². The molecule has 4 aliphatic rings. The molecule has 0 saturated carbocycles. The maximum absolute atomic E-state index is 14.2. The highest BCUT2D eigenvalue weighted by Crippen LogP contribution is 2.51. The number of phenolic OH excluding ortho intramolecular Hbond substituents is 1. The third kappa shape index (κ3) is 6.52. The number of hydrogen-bond donors (Lipinski definition) is 3. The van der Waals surface area contributed by atoms with Crippen LogP contribution in [0.3, 0.4) is 0 Å². The summed E-state index contributed by atoms with van der Waals surface area (Å²) in [6.45, 7) is 2.26. The van der Waals surface area contributed by atoms with E-state index in [0.29, 0.717) is 24.8 Å². The molecule has 3 aromatic rings. The number of imide groups is 1. The lowest BCUT2D eigenvalue weighted by atomic mass is 9.58. The second-order valence-electron chi connectivity index (χ2n) is 13.6. The van der Waals surface area contributed by atoms with Crippen molar-refractivity contribution in [1.29, 1.82) is 0 Å². The molecule has 3 aliphatic heterocycles. The zero-order chi connectivity index (χ0) is 33.2. The molecule has 4 atom stereocenters. The molecule has 9 heteroatoms. The molecule has 0 unspecified atom stereocenters. The number of para-hydroxylation sites is 1. The molecule has 248 valence electrons. The summed E-state index contributed by atoms with van der Waals surface area (Å²) in [6.07, 6.45) is 4.55. The van der Waals surface area contributed by atoms with E-state index < -0.39 is 25.1 Å². The van der Waals surface area contributed by atoms with Gasteiger partial charge in [-0.25, -0.2) is 0 Å². The summed E-state index contributed by atoms with van der Waals surface area (Å²) < 4.78 is 6.16. The number of amides is 2. The normalized spacial score (nSPS) is 25.4. The molecule has 3 N–H and O–H groups in total. The number of nitrogens with zero attached hydrogens (tertiary/aromatic N) is 2. The third-order valence-corrected chi connectivity index (χ3v) is 10.8. The fourth-order valence-corrected chi connectivity index (χ4v) is 8.51. The van der Waals surface area contributed by atoms with Crippen LogP contribution in [-0.4, -0.2) is 75.8 Å². The molecule has 0 aromatic heterocycles. The van der Waals surface area contributed by atoms with Crippen LogP contribution in [0.2, 0.25) is 6.32 Å². The number of phenols is 1. The van der Waals surface area contributed by atoms with Gasteiger partial charge < -0.3 is 19.9 Å². The molecule has 2 amide bonds. The first-order valence-corrected chi connectivity index (χ1v) is 17.2. The van der Waals surface area contributed by atoms with Gasteiger partial charge >= 0.3 is 7.12 Å². The number of fused-ring (bicyclic) bond motifs is 3. The van der Waals surface area contributed by atoms with Gasteiger partial charge in [-0.15, -0.1) is 0 Å². The van der Waals surface area contributed by atoms with Crippen LogP contribution >= 0.6 is 0 Å². The first-order valence-electron chi connectivity index (χ1n) is 17.2. The molecule has 0 spiro atoms.